The third-order valence-electron chi connectivity index (χ3n) is 6.43. The minimum atomic E-state index is -4.59. The van der Waals surface area contributed by atoms with Crippen molar-refractivity contribution < 1.29 is 27.5 Å². The topological polar surface area (TPSA) is 110 Å². The van der Waals surface area contributed by atoms with Gasteiger partial charge in [-0.2, -0.15) is 31.8 Å². The number of carbonyl (C=O) groups is 2. The molecule has 2 aromatic heterocycles. The van der Waals surface area contributed by atoms with E-state index in [0.717, 1.165) is 6.07 Å². The first-order valence-corrected chi connectivity index (χ1v) is 13.4. The molecule has 9 nitrogen and oxygen atoms in total. The van der Waals surface area contributed by atoms with Gasteiger partial charge in [0.25, 0.3) is 0 Å². The Bertz CT molecular complexity index is 1340. The summed E-state index contributed by atoms with van der Waals surface area (Å²) in [7, 11) is 0. The second kappa shape index (κ2) is 13.2. The van der Waals surface area contributed by atoms with Crippen LogP contribution < -0.4 is 16.0 Å². The van der Waals surface area contributed by atoms with E-state index in [1.54, 1.807) is 50.0 Å². The van der Waals surface area contributed by atoms with Crippen molar-refractivity contribution in [3.8, 4) is 0 Å². The van der Waals surface area contributed by atoms with Crippen LogP contribution in [0.3, 0.4) is 0 Å². The van der Waals surface area contributed by atoms with E-state index in [1.807, 2.05) is 0 Å². The van der Waals surface area contributed by atoms with Crippen LogP contribution in [-0.2, 0) is 22.3 Å². The number of alkyl halides is 3. The number of halogens is 4. The average molecular weight is 615 g/mol. The molecule has 41 heavy (non-hydrogen) atoms. The number of alkyl carbamates (subject to hydrolysis) is 1. The number of benzene rings is 1. The van der Waals surface area contributed by atoms with Crippen molar-refractivity contribution in [2.24, 2.45) is 0 Å². The second-order valence-corrected chi connectivity index (χ2v) is 11.3. The van der Waals surface area contributed by atoms with E-state index >= 15 is 0 Å². The van der Waals surface area contributed by atoms with Gasteiger partial charge in [0.2, 0.25) is 5.91 Å². The fourth-order valence-electron chi connectivity index (χ4n) is 4.61. The van der Waals surface area contributed by atoms with Gasteiger partial charge in [-0.1, -0.05) is 11.6 Å². The predicted molar refractivity (Wildman–Crippen MR) is 155 cm³/mol. The van der Waals surface area contributed by atoms with Crippen molar-refractivity contribution in [2.45, 2.75) is 82.9 Å². The lowest BCUT2D eigenvalue weighted by molar-refractivity contribution is -0.140. The highest BCUT2D eigenvalue weighted by atomic mass is 35.5. The Morgan fingerprint density at radius 3 is 2.41 bits per heavy atom. The first kappa shape index (κ1) is 32.3. The van der Waals surface area contributed by atoms with Crippen molar-refractivity contribution in [2.75, 3.05) is 5.32 Å². The number of hydrogen-bond acceptors (Lipinski definition) is 6. The molecule has 1 saturated carbocycles. The number of hydrogen-bond donors (Lipinski definition) is 3. The van der Waals surface area contributed by atoms with Gasteiger partial charge in [0.05, 0.1) is 12.1 Å². The molecule has 2 heterocycles. The number of pyridine rings is 1. The number of carbonyl (C=O) groups excluding carboxylic acids is 2. The molecule has 1 fully saturated rings. The number of ether oxygens (including phenoxy) is 1. The van der Waals surface area contributed by atoms with Crippen LogP contribution in [0.25, 0.3) is 10.9 Å². The molecule has 224 valence electrons. The number of amides is 2. The van der Waals surface area contributed by atoms with Crippen LogP contribution in [0.2, 0.25) is 5.02 Å². The molecule has 0 saturated heterocycles. The minimum Gasteiger partial charge on any atom is -0.444 e. The van der Waals surface area contributed by atoms with Gasteiger partial charge in [-0.05, 0) is 76.8 Å². The van der Waals surface area contributed by atoms with Crippen molar-refractivity contribution in [3.63, 3.8) is 0 Å². The zero-order valence-corrected chi connectivity index (χ0v) is 24.6. The SMILES string of the molecule is CC(C)(C)OC(=O)N[C@@H](Cn1cccn1)C(=O)NC1CCC(Nc2cc(C(F)(F)F)nc3ccc(Cl)cc23)CC1.S. The molecule has 4 rings (SSSR count). The van der Waals surface area contributed by atoms with Crippen LogP contribution in [0, 0.1) is 0 Å². The van der Waals surface area contributed by atoms with Crippen LogP contribution in [-0.4, -0.2) is 50.5 Å². The molecule has 1 aliphatic carbocycles. The lowest BCUT2D eigenvalue weighted by atomic mass is 9.90. The molecule has 1 aromatic carbocycles. The van der Waals surface area contributed by atoms with Gasteiger partial charge in [0, 0.05) is 40.6 Å². The van der Waals surface area contributed by atoms with E-state index in [9.17, 15) is 22.8 Å². The van der Waals surface area contributed by atoms with Gasteiger partial charge in [-0.15, -0.1) is 0 Å². The summed E-state index contributed by atoms with van der Waals surface area (Å²) in [6, 6.07) is 6.10. The number of nitrogens with one attached hydrogen (secondary N) is 3. The Morgan fingerprint density at radius 1 is 1.12 bits per heavy atom. The summed E-state index contributed by atoms with van der Waals surface area (Å²) in [4.78, 5) is 29.3. The van der Waals surface area contributed by atoms with Gasteiger partial charge in [0.1, 0.15) is 17.3 Å². The van der Waals surface area contributed by atoms with Crippen LogP contribution in [0.5, 0.6) is 0 Å². The molecule has 3 aromatic rings. The maximum Gasteiger partial charge on any atom is 0.433 e. The van der Waals surface area contributed by atoms with Gasteiger partial charge in [-0.25, -0.2) is 9.78 Å². The van der Waals surface area contributed by atoms with Crippen molar-refractivity contribution in [1.82, 2.24) is 25.4 Å². The molecule has 14 heteroatoms. The first-order valence-electron chi connectivity index (χ1n) is 13.0. The largest absolute Gasteiger partial charge is 0.444 e. The number of anilines is 1. The molecule has 1 atom stereocenters. The van der Waals surface area contributed by atoms with Crippen molar-refractivity contribution in [1.29, 1.82) is 0 Å². The Hall–Kier alpha value is -3.19. The van der Waals surface area contributed by atoms with Crippen LogP contribution in [0.15, 0.2) is 42.7 Å². The number of aromatic nitrogens is 3. The number of rotatable bonds is 7. The normalized spacial score (nSPS) is 18.2. The van der Waals surface area contributed by atoms with E-state index in [-0.39, 0.29) is 43.5 Å². The molecule has 0 spiro atoms. The first-order chi connectivity index (χ1) is 18.8. The molecule has 0 bridgehead atoms. The van der Waals surface area contributed by atoms with Gasteiger partial charge >= 0.3 is 12.3 Å². The van der Waals surface area contributed by atoms with Crippen molar-refractivity contribution >= 4 is 53.7 Å². The lowest BCUT2D eigenvalue weighted by Gasteiger charge is -2.32. The lowest BCUT2D eigenvalue weighted by Crippen LogP contribution is -2.53. The maximum absolute atomic E-state index is 13.5. The fourth-order valence-corrected chi connectivity index (χ4v) is 4.78. The zero-order valence-electron chi connectivity index (χ0n) is 22.9. The maximum atomic E-state index is 13.5. The second-order valence-electron chi connectivity index (χ2n) is 10.8. The molecule has 1 aliphatic rings. The minimum absolute atomic E-state index is 0. The monoisotopic (exact) mass is 614 g/mol. The highest BCUT2D eigenvalue weighted by Gasteiger charge is 2.34. The van der Waals surface area contributed by atoms with Crippen molar-refractivity contribution in [3.05, 3.63) is 53.4 Å². The summed E-state index contributed by atoms with van der Waals surface area (Å²) >= 11 is 6.11. The Kier molecular flexibility index (Phi) is 10.4. The number of nitrogens with zero attached hydrogens (tertiary/aromatic N) is 3. The van der Waals surface area contributed by atoms with E-state index < -0.39 is 29.6 Å². The standard InChI is InChI=1S/C27H32ClF3N6O3.H2S/c1-26(2,3)40-25(39)36-22(15-37-12-4-11-32-37)24(38)34-18-8-6-17(7-9-18)33-21-14-23(27(29,30)31)35-20-10-5-16(28)13-19(20)21;/h4-5,10-14,17-18,22H,6-9,15H2,1-3H3,(H,33,35)(H,34,38)(H,36,39);1H2/t17?,18?,22-;/m0./s1. The molecule has 3 N–H and O–H groups in total. The molecular formula is C27H34ClF3N6O3S. The van der Waals surface area contributed by atoms with Gasteiger partial charge in [-0.3, -0.25) is 9.48 Å². The quantitative estimate of drug-likeness (QED) is 0.317. The molecule has 0 aliphatic heterocycles. The molecule has 0 radical (unpaired) electrons. The van der Waals surface area contributed by atoms with Gasteiger partial charge < -0.3 is 20.7 Å². The summed E-state index contributed by atoms with van der Waals surface area (Å²) in [6.07, 6.45) is 0.380. The van der Waals surface area contributed by atoms with E-state index in [0.29, 0.717) is 41.8 Å². The third-order valence-corrected chi connectivity index (χ3v) is 6.67. The Labute approximate surface area is 248 Å². The molecular weight excluding hydrogens is 581 g/mol. The smallest absolute Gasteiger partial charge is 0.433 e. The third kappa shape index (κ3) is 9.15. The Balaban J connectivity index is 0.00000462. The summed E-state index contributed by atoms with van der Waals surface area (Å²) in [5.74, 6) is -0.373. The van der Waals surface area contributed by atoms with Gasteiger partial charge in [0.15, 0.2) is 0 Å². The predicted octanol–water partition coefficient (Wildman–Crippen LogP) is 5.65. The zero-order chi connectivity index (χ0) is 29.1. The summed E-state index contributed by atoms with van der Waals surface area (Å²) in [5.41, 5.74) is -1.20. The number of fused-ring (bicyclic) bond motifs is 1. The summed E-state index contributed by atoms with van der Waals surface area (Å²) in [6.45, 7) is 5.31. The summed E-state index contributed by atoms with van der Waals surface area (Å²) in [5, 5.41) is 13.9. The fraction of sp³-hybridized carbons (Fsp3) is 0.481. The van der Waals surface area contributed by atoms with Crippen LogP contribution >= 0.6 is 25.1 Å². The van der Waals surface area contributed by atoms with E-state index in [4.69, 9.17) is 16.3 Å². The summed E-state index contributed by atoms with van der Waals surface area (Å²) < 4.78 is 47.3. The highest BCUT2D eigenvalue weighted by Crippen LogP contribution is 2.35. The molecule has 0 unspecified atom stereocenters. The van der Waals surface area contributed by atoms with E-state index in [2.05, 4.69) is 26.0 Å². The van der Waals surface area contributed by atoms with Crippen LogP contribution in [0.1, 0.15) is 52.1 Å². The van der Waals surface area contributed by atoms with Crippen LogP contribution in [0.4, 0.5) is 23.7 Å². The van der Waals surface area contributed by atoms with E-state index in [1.165, 1.54) is 12.1 Å². The molecule has 2 amide bonds. The average Bonchev–Trinajstić information content (AvgIpc) is 3.36. The highest BCUT2D eigenvalue weighted by molar-refractivity contribution is 7.59. The Morgan fingerprint density at radius 2 is 1.80 bits per heavy atom.